The lowest BCUT2D eigenvalue weighted by atomic mass is 10.0. The Morgan fingerprint density at radius 1 is 0.921 bits per heavy atom. The molecule has 3 aromatic carbocycles. The van der Waals surface area contributed by atoms with Gasteiger partial charge in [-0.05, 0) is 35.7 Å². The third-order valence-electron chi connectivity index (χ3n) is 7.39. The molecule has 0 bridgehead atoms. The van der Waals surface area contributed by atoms with Crippen LogP contribution < -0.4 is 14.8 Å². The van der Waals surface area contributed by atoms with E-state index < -0.39 is 11.9 Å². The van der Waals surface area contributed by atoms with Crippen LogP contribution in [0, 0.1) is 0 Å². The topological polar surface area (TPSA) is 88.2 Å². The van der Waals surface area contributed by atoms with Gasteiger partial charge < -0.3 is 14.4 Å². The Bertz CT molecular complexity index is 1390. The third kappa shape index (κ3) is 4.87. The number of nitrogens with zero attached hydrogens (tertiary/aromatic N) is 2. The second kappa shape index (κ2) is 10.3. The summed E-state index contributed by atoms with van der Waals surface area (Å²) in [6.45, 7) is 3.89. The van der Waals surface area contributed by atoms with Gasteiger partial charge in [0.15, 0.2) is 0 Å². The van der Waals surface area contributed by atoms with Gasteiger partial charge in [0.1, 0.15) is 30.8 Å². The SMILES string of the molecule is O=C1CCC(N2Cc3c(OCc4ccc(CN5CCOc6ccccc6C5)cc4)cccc3C2=O)C(=O)N1. The molecule has 3 aromatic rings. The number of fused-ring (bicyclic) bond motifs is 2. The molecule has 8 heteroatoms. The number of carbonyl (C=O) groups is 3. The van der Waals surface area contributed by atoms with E-state index in [-0.39, 0.29) is 24.8 Å². The number of ether oxygens (including phenoxy) is 2. The molecule has 38 heavy (non-hydrogen) atoms. The summed E-state index contributed by atoms with van der Waals surface area (Å²) in [7, 11) is 0. The third-order valence-corrected chi connectivity index (χ3v) is 7.39. The molecule has 3 aliphatic heterocycles. The van der Waals surface area contributed by atoms with Crippen LogP contribution in [0.5, 0.6) is 11.5 Å². The van der Waals surface area contributed by atoms with Crippen LogP contribution in [-0.2, 0) is 35.8 Å². The Balaban J connectivity index is 1.08. The first kappa shape index (κ1) is 24.2. The summed E-state index contributed by atoms with van der Waals surface area (Å²) in [6, 6.07) is 21.4. The lowest BCUT2D eigenvalue weighted by Crippen LogP contribution is -2.52. The number of nitrogens with one attached hydrogen (secondary N) is 1. The van der Waals surface area contributed by atoms with Crippen LogP contribution in [-0.4, -0.2) is 46.7 Å². The van der Waals surface area contributed by atoms with Gasteiger partial charge in [-0.3, -0.25) is 24.6 Å². The predicted octanol–water partition coefficient (Wildman–Crippen LogP) is 3.42. The number of rotatable bonds is 6. The Morgan fingerprint density at radius 2 is 1.74 bits per heavy atom. The summed E-state index contributed by atoms with van der Waals surface area (Å²) < 4.78 is 12.0. The van der Waals surface area contributed by atoms with Gasteiger partial charge in [0.25, 0.3) is 5.91 Å². The minimum atomic E-state index is -0.641. The highest BCUT2D eigenvalue weighted by molar-refractivity contribution is 6.05. The first-order valence-corrected chi connectivity index (χ1v) is 13.0. The molecule has 0 aliphatic carbocycles. The first-order valence-electron chi connectivity index (χ1n) is 13.0. The summed E-state index contributed by atoms with van der Waals surface area (Å²) in [6.07, 6.45) is 0.568. The normalized spacial score (nSPS) is 19.3. The molecule has 1 fully saturated rings. The van der Waals surface area contributed by atoms with Crippen molar-refractivity contribution in [3.63, 3.8) is 0 Å². The predicted molar refractivity (Wildman–Crippen MR) is 139 cm³/mol. The molecule has 3 aliphatic rings. The van der Waals surface area contributed by atoms with Crippen LogP contribution in [0.25, 0.3) is 0 Å². The van der Waals surface area contributed by atoms with E-state index in [4.69, 9.17) is 9.47 Å². The molecule has 8 nitrogen and oxygen atoms in total. The molecule has 0 aromatic heterocycles. The Hall–Kier alpha value is -4.17. The van der Waals surface area contributed by atoms with Crippen molar-refractivity contribution in [3.05, 3.63) is 94.5 Å². The molecule has 0 radical (unpaired) electrons. The zero-order valence-corrected chi connectivity index (χ0v) is 21.0. The van der Waals surface area contributed by atoms with Crippen molar-refractivity contribution in [2.75, 3.05) is 13.2 Å². The Labute approximate surface area is 221 Å². The standard InChI is InChI=1S/C30H29N3O5/c34-28-13-12-25(29(35)31-28)33-18-24-23(30(33)36)5-3-7-27(24)38-19-21-10-8-20(9-11-21)16-32-14-15-37-26-6-2-1-4-22(26)17-32/h1-11,25H,12-19H2,(H,31,34,35). The van der Waals surface area contributed by atoms with E-state index in [0.29, 0.717) is 30.9 Å². The van der Waals surface area contributed by atoms with Gasteiger partial charge in [-0.15, -0.1) is 0 Å². The minimum Gasteiger partial charge on any atom is -0.492 e. The van der Waals surface area contributed by atoms with Crippen LogP contribution in [0.3, 0.4) is 0 Å². The summed E-state index contributed by atoms with van der Waals surface area (Å²) in [5.41, 5.74) is 4.79. The number of hydrogen-bond acceptors (Lipinski definition) is 6. The van der Waals surface area contributed by atoms with Gasteiger partial charge in [0, 0.05) is 42.7 Å². The van der Waals surface area contributed by atoms with Crippen LogP contribution in [0.2, 0.25) is 0 Å². The van der Waals surface area contributed by atoms with Crippen LogP contribution >= 0.6 is 0 Å². The summed E-state index contributed by atoms with van der Waals surface area (Å²) in [5.74, 6) is 0.693. The maximum atomic E-state index is 13.0. The van der Waals surface area contributed by atoms with Crippen molar-refractivity contribution in [2.45, 2.75) is 45.1 Å². The Kier molecular flexibility index (Phi) is 6.55. The first-order chi connectivity index (χ1) is 18.5. The van der Waals surface area contributed by atoms with Crippen molar-refractivity contribution in [2.24, 2.45) is 0 Å². The van der Waals surface area contributed by atoms with Crippen molar-refractivity contribution in [1.82, 2.24) is 15.1 Å². The molecule has 6 rings (SSSR count). The smallest absolute Gasteiger partial charge is 0.255 e. The highest BCUT2D eigenvalue weighted by Crippen LogP contribution is 2.34. The van der Waals surface area contributed by atoms with Crippen molar-refractivity contribution < 1.29 is 23.9 Å². The number of piperidine rings is 1. The van der Waals surface area contributed by atoms with Crippen LogP contribution in [0.4, 0.5) is 0 Å². The fraction of sp³-hybridized carbons (Fsp3) is 0.300. The maximum absolute atomic E-state index is 13.0. The summed E-state index contributed by atoms with van der Waals surface area (Å²) >= 11 is 0. The van der Waals surface area contributed by atoms with Gasteiger partial charge in [-0.25, -0.2) is 0 Å². The highest BCUT2D eigenvalue weighted by atomic mass is 16.5. The molecular weight excluding hydrogens is 482 g/mol. The largest absolute Gasteiger partial charge is 0.492 e. The van der Waals surface area contributed by atoms with Crippen molar-refractivity contribution in [1.29, 1.82) is 0 Å². The number of imide groups is 1. The number of para-hydroxylation sites is 1. The lowest BCUT2D eigenvalue weighted by molar-refractivity contribution is -0.136. The molecule has 0 saturated carbocycles. The quantitative estimate of drug-likeness (QED) is 0.511. The summed E-state index contributed by atoms with van der Waals surface area (Å²) in [5, 5.41) is 2.34. The lowest BCUT2D eigenvalue weighted by Gasteiger charge is -2.29. The van der Waals surface area contributed by atoms with Crippen LogP contribution in [0.15, 0.2) is 66.7 Å². The summed E-state index contributed by atoms with van der Waals surface area (Å²) in [4.78, 5) is 40.8. The maximum Gasteiger partial charge on any atom is 0.255 e. The monoisotopic (exact) mass is 511 g/mol. The van der Waals surface area contributed by atoms with Gasteiger partial charge in [-0.1, -0.05) is 48.5 Å². The average molecular weight is 512 g/mol. The van der Waals surface area contributed by atoms with Gasteiger partial charge >= 0.3 is 0 Å². The van der Waals surface area contributed by atoms with E-state index in [1.807, 2.05) is 24.3 Å². The van der Waals surface area contributed by atoms with E-state index in [1.54, 1.807) is 17.0 Å². The fourth-order valence-electron chi connectivity index (χ4n) is 5.37. The molecule has 3 heterocycles. The minimum absolute atomic E-state index is 0.203. The van der Waals surface area contributed by atoms with Gasteiger partial charge in [0.2, 0.25) is 11.8 Å². The van der Waals surface area contributed by atoms with E-state index in [2.05, 4.69) is 40.5 Å². The fourth-order valence-corrected chi connectivity index (χ4v) is 5.37. The second-order valence-corrected chi connectivity index (χ2v) is 9.95. The molecule has 1 saturated heterocycles. The molecule has 0 spiro atoms. The zero-order valence-electron chi connectivity index (χ0n) is 21.0. The molecule has 3 amide bonds. The van der Waals surface area contributed by atoms with E-state index in [0.717, 1.165) is 36.5 Å². The van der Waals surface area contributed by atoms with Crippen molar-refractivity contribution >= 4 is 17.7 Å². The molecular formula is C30H29N3O5. The number of benzene rings is 3. The van der Waals surface area contributed by atoms with E-state index in [1.165, 1.54) is 11.1 Å². The van der Waals surface area contributed by atoms with Crippen molar-refractivity contribution in [3.8, 4) is 11.5 Å². The van der Waals surface area contributed by atoms with Gasteiger partial charge in [0.05, 0.1) is 6.54 Å². The molecule has 1 unspecified atom stereocenters. The van der Waals surface area contributed by atoms with E-state index in [9.17, 15) is 14.4 Å². The molecule has 194 valence electrons. The second-order valence-electron chi connectivity index (χ2n) is 9.95. The number of hydrogen-bond donors (Lipinski definition) is 1. The highest BCUT2D eigenvalue weighted by Gasteiger charge is 2.40. The molecule has 1 atom stereocenters. The van der Waals surface area contributed by atoms with Crippen LogP contribution in [0.1, 0.15) is 45.5 Å². The zero-order chi connectivity index (χ0) is 26.1. The molecule has 1 N–H and O–H groups in total. The number of amides is 3. The van der Waals surface area contributed by atoms with E-state index >= 15 is 0 Å². The van der Waals surface area contributed by atoms with Gasteiger partial charge in [-0.2, -0.15) is 0 Å². The Morgan fingerprint density at radius 3 is 2.58 bits per heavy atom. The number of carbonyl (C=O) groups excluding carboxylic acids is 3. The average Bonchev–Trinajstić information content (AvgIpc) is 3.11.